The number of fused-ring (bicyclic) bond motifs is 6. The smallest absolute Gasteiger partial charge is 0.264 e. The fourth-order valence-electron chi connectivity index (χ4n) is 9.53. The van der Waals surface area contributed by atoms with E-state index in [1.54, 1.807) is 0 Å². The van der Waals surface area contributed by atoms with E-state index >= 15 is 0 Å². The topological polar surface area (TPSA) is 245 Å². The summed E-state index contributed by atoms with van der Waals surface area (Å²) in [6.45, 7) is 9.98. The second-order valence-electron chi connectivity index (χ2n) is 18.9. The van der Waals surface area contributed by atoms with Crippen LogP contribution in [0.4, 0.5) is 11.4 Å². The predicted octanol–water partition coefficient (Wildman–Crippen LogP) is 8.81. The van der Waals surface area contributed by atoms with E-state index in [9.17, 15) is 42.8 Å². The lowest BCUT2D eigenvalue weighted by molar-refractivity contribution is -0.438. The van der Waals surface area contributed by atoms with E-state index in [1.165, 1.54) is 0 Å². The van der Waals surface area contributed by atoms with Crippen molar-refractivity contribution in [2.45, 2.75) is 89.9 Å². The third-order valence-electron chi connectivity index (χ3n) is 12.8. The van der Waals surface area contributed by atoms with E-state index in [-0.39, 0.29) is 56.2 Å². The van der Waals surface area contributed by atoms with E-state index in [0.29, 0.717) is 50.3 Å². The van der Waals surface area contributed by atoms with Crippen LogP contribution in [0.25, 0.3) is 21.5 Å². The van der Waals surface area contributed by atoms with Crippen molar-refractivity contribution in [1.29, 1.82) is 0 Å². The zero-order valence-corrected chi connectivity index (χ0v) is 43.8. The summed E-state index contributed by atoms with van der Waals surface area (Å²) in [5.74, 6) is -0.255. The first-order valence-electron chi connectivity index (χ1n) is 23.6. The van der Waals surface area contributed by atoms with Crippen LogP contribution >= 0.6 is 0 Å². The molecule has 2 heterocycles. The van der Waals surface area contributed by atoms with Crippen LogP contribution in [0.15, 0.2) is 109 Å². The van der Waals surface area contributed by atoms with Crippen molar-refractivity contribution in [2.75, 3.05) is 54.2 Å². The summed E-state index contributed by atoms with van der Waals surface area (Å²) in [6, 6.07) is 19.7. The summed E-state index contributed by atoms with van der Waals surface area (Å²) in [7, 11) is -16.6. The molecule has 386 valence electrons. The summed E-state index contributed by atoms with van der Waals surface area (Å²) in [6.07, 6.45) is 16.5. The van der Waals surface area contributed by atoms with Gasteiger partial charge in [-0.3, -0.25) is 13.7 Å². The molecular weight excluding hydrogens is 993 g/mol. The zero-order valence-electron chi connectivity index (χ0n) is 40.5. The van der Waals surface area contributed by atoms with Crippen molar-refractivity contribution in [3.8, 4) is 11.5 Å². The molecule has 4 aromatic rings. The normalized spacial score (nSPS) is 16.7. The molecule has 0 amide bonds. The van der Waals surface area contributed by atoms with E-state index in [4.69, 9.17) is 18.6 Å². The number of rotatable bonds is 26. The maximum absolute atomic E-state index is 11.6. The van der Waals surface area contributed by atoms with Crippen LogP contribution in [-0.2, 0) is 51.3 Å². The molecule has 20 heteroatoms. The molecule has 0 aliphatic carbocycles. The lowest BCUT2D eigenvalue weighted by Crippen LogP contribution is -2.28. The number of hydrogen-bond acceptors (Lipinski definition) is 12. The summed E-state index contributed by atoms with van der Waals surface area (Å²) in [5.41, 5.74) is 4.89. The Morgan fingerprint density at radius 3 is 1.63 bits per heavy atom. The Morgan fingerprint density at radius 1 is 0.577 bits per heavy atom. The molecule has 2 aliphatic rings. The first-order valence-corrected chi connectivity index (χ1v) is 30.0. The van der Waals surface area contributed by atoms with Gasteiger partial charge in [0.05, 0.1) is 46.0 Å². The molecule has 0 aromatic heterocycles. The fraction of sp³-hybridized carbons (Fsp3) is 0.431. The second kappa shape index (κ2) is 22.9. The average Bonchev–Trinajstić information content (AvgIpc) is 3.62. The van der Waals surface area contributed by atoms with Crippen LogP contribution in [0.3, 0.4) is 0 Å². The van der Waals surface area contributed by atoms with Gasteiger partial charge in [-0.2, -0.15) is 29.8 Å². The molecule has 71 heavy (non-hydrogen) atoms. The molecule has 0 bridgehead atoms. The Kier molecular flexibility index (Phi) is 17.8. The molecular formula is C51H64N2O14S4. The summed E-state index contributed by atoms with van der Waals surface area (Å²) >= 11 is 0. The highest BCUT2D eigenvalue weighted by Crippen LogP contribution is 2.51. The van der Waals surface area contributed by atoms with E-state index in [1.807, 2.05) is 97.1 Å². The first-order chi connectivity index (χ1) is 33.3. The molecule has 3 N–H and O–H groups in total. The fourth-order valence-corrected chi connectivity index (χ4v) is 11.8. The maximum atomic E-state index is 11.6. The van der Waals surface area contributed by atoms with Crippen molar-refractivity contribution in [1.82, 2.24) is 0 Å². The Balaban J connectivity index is 1.25. The third-order valence-corrected chi connectivity index (χ3v) is 16.0. The lowest BCUT2D eigenvalue weighted by atomic mass is 9.79. The van der Waals surface area contributed by atoms with Crippen LogP contribution in [0.5, 0.6) is 11.5 Å². The minimum absolute atomic E-state index is 0.206. The van der Waals surface area contributed by atoms with Gasteiger partial charge < -0.3 is 18.9 Å². The van der Waals surface area contributed by atoms with Crippen LogP contribution < -0.4 is 14.4 Å². The highest BCUT2D eigenvalue weighted by Gasteiger charge is 2.45. The van der Waals surface area contributed by atoms with Gasteiger partial charge in [-0.25, -0.2) is 8.42 Å². The van der Waals surface area contributed by atoms with Crippen LogP contribution in [0.1, 0.15) is 90.2 Å². The molecule has 6 rings (SSSR count). The van der Waals surface area contributed by atoms with Crippen molar-refractivity contribution in [2.24, 2.45) is 0 Å². The summed E-state index contributed by atoms with van der Waals surface area (Å²) in [4.78, 5) is 2.16. The van der Waals surface area contributed by atoms with E-state index in [0.717, 1.165) is 55.5 Å². The molecule has 2 aliphatic heterocycles. The molecule has 0 spiro atoms. The standard InChI is InChI=1S/C51H64N2O14S4/c1-50(2)46(52(28-10-14-32-68(54,55)56)44-26-22-38-20-24-40(36-42(38)48(44)50)66-30-12-16-34-70(60,61)62)18-8-6-5-7-9-19-47-51(3,4)49-43-37-41(67-31-13-17-35-71(63,64)65)25-21-39(43)23-27-45(49)53(47)29-11-15-33-69(57,58)59/h5-9,18-27,36-37H,10-17,28-35H2,1-4H3,(H3-,54,55,56,57,58,59,60,61,62,63,64,65). The highest BCUT2D eigenvalue weighted by molar-refractivity contribution is 7.86. The van der Waals surface area contributed by atoms with Crippen molar-refractivity contribution < 1.29 is 65.9 Å². The minimum atomic E-state index is -4.37. The van der Waals surface area contributed by atoms with Gasteiger partial charge in [-0.05, 0) is 128 Å². The number of nitrogens with zero attached hydrogens (tertiary/aromatic N) is 2. The van der Waals surface area contributed by atoms with E-state index < -0.39 is 57.1 Å². The van der Waals surface area contributed by atoms with Gasteiger partial charge >= 0.3 is 0 Å². The number of anilines is 1. The van der Waals surface area contributed by atoms with Gasteiger partial charge in [0.25, 0.3) is 30.4 Å². The summed E-state index contributed by atoms with van der Waals surface area (Å²) < 4.78 is 144. The number of hydrogen-bond donors (Lipinski definition) is 3. The van der Waals surface area contributed by atoms with Gasteiger partial charge in [-0.15, -0.1) is 0 Å². The quantitative estimate of drug-likeness (QED) is 0.0230. The molecule has 0 radical (unpaired) electrons. The predicted molar refractivity (Wildman–Crippen MR) is 278 cm³/mol. The lowest BCUT2D eigenvalue weighted by Gasteiger charge is -2.27. The third kappa shape index (κ3) is 15.1. The van der Waals surface area contributed by atoms with Crippen LogP contribution in [-0.4, -0.2) is 111 Å². The SMILES string of the molecule is CC1(C)C(=CC=CC=CC=CC2=[N+](CCCCS(=O)(=O)O)c3ccc4ccc(OCCCCS(=O)(=O)O)cc4c3C2(C)C)N(CCCCS(=O)(=O)[O-])c2ccc3ccc(OCCCCS(=O)(=O)O)cc3c21. The number of benzene rings is 4. The van der Waals surface area contributed by atoms with Gasteiger partial charge in [0.15, 0.2) is 5.71 Å². The zero-order chi connectivity index (χ0) is 51.8. The largest absolute Gasteiger partial charge is 0.748 e. The molecule has 0 atom stereocenters. The van der Waals surface area contributed by atoms with Crippen molar-refractivity contribution in [3.63, 3.8) is 0 Å². The summed E-state index contributed by atoms with van der Waals surface area (Å²) in [5, 5.41) is 3.90. The Bertz CT molecular complexity index is 3230. The van der Waals surface area contributed by atoms with Gasteiger partial charge in [-0.1, -0.05) is 62.4 Å². The molecule has 0 fully saturated rings. The number of ether oxygens (including phenoxy) is 2. The van der Waals surface area contributed by atoms with E-state index in [2.05, 4.69) is 43.2 Å². The van der Waals surface area contributed by atoms with Gasteiger partial charge in [0.2, 0.25) is 5.69 Å². The van der Waals surface area contributed by atoms with Crippen LogP contribution in [0.2, 0.25) is 0 Å². The van der Waals surface area contributed by atoms with Crippen molar-refractivity contribution in [3.05, 3.63) is 120 Å². The molecule has 0 unspecified atom stereocenters. The van der Waals surface area contributed by atoms with Gasteiger partial charge in [0, 0.05) is 53.2 Å². The van der Waals surface area contributed by atoms with Crippen molar-refractivity contribution >= 4 is 79.1 Å². The number of unbranched alkanes of at least 4 members (excludes halogenated alkanes) is 4. The van der Waals surface area contributed by atoms with Gasteiger partial charge in [0.1, 0.15) is 18.0 Å². The second-order valence-corrected chi connectivity index (χ2v) is 25.2. The Labute approximate surface area is 418 Å². The Morgan fingerprint density at radius 2 is 1.07 bits per heavy atom. The Hall–Kier alpha value is -4.93. The number of allylic oxidation sites excluding steroid dienone is 8. The average molecular weight is 1060 g/mol. The molecule has 16 nitrogen and oxygen atoms in total. The van der Waals surface area contributed by atoms with Crippen LogP contribution in [0, 0.1) is 0 Å². The molecule has 4 aromatic carbocycles. The first kappa shape index (κ1) is 55.4. The monoisotopic (exact) mass is 1060 g/mol. The highest BCUT2D eigenvalue weighted by atomic mass is 32.2. The molecule has 0 saturated heterocycles. The maximum Gasteiger partial charge on any atom is 0.264 e. The molecule has 0 saturated carbocycles. The minimum Gasteiger partial charge on any atom is -0.748 e.